The zero-order valence-corrected chi connectivity index (χ0v) is 12.3. The fraction of sp³-hybridized carbons (Fsp3) is 0.800. The maximum atomic E-state index is 11.1. The zero-order chi connectivity index (χ0) is 13.1. The number of nitrogens with one attached hydrogen (secondary N) is 2. The van der Waals surface area contributed by atoms with Gasteiger partial charge in [0, 0.05) is 12.5 Å². The van der Waals surface area contributed by atoms with E-state index in [-0.39, 0.29) is 24.3 Å². The summed E-state index contributed by atoms with van der Waals surface area (Å²) in [5.74, 6) is -0.163. The van der Waals surface area contributed by atoms with Crippen molar-refractivity contribution in [1.82, 2.24) is 8.85 Å². The average Bonchev–Trinajstić information content (AvgIpc) is 2.31. The first-order valence-electron chi connectivity index (χ1n) is 5.40. The van der Waals surface area contributed by atoms with Crippen LogP contribution in [0.15, 0.2) is 0 Å². The largest absolute Gasteiger partial charge is 0.377 e. The molecule has 0 rings (SSSR count). The van der Waals surface area contributed by atoms with E-state index in [9.17, 15) is 9.59 Å². The standard InChI is InChI=1S/C10H19IN2O4/c1-8(2)10(15)12-3-4-16-5-6-17-7-9(14)13-11/h8H,3-7H2,1-2H3,(H,12,15)(H,13,14). The van der Waals surface area contributed by atoms with Crippen LogP contribution < -0.4 is 8.85 Å². The second kappa shape index (κ2) is 10.7. The summed E-state index contributed by atoms with van der Waals surface area (Å²) in [5.41, 5.74) is 0. The lowest BCUT2D eigenvalue weighted by Gasteiger charge is -2.08. The van der Waals surface area contributed by atoms with Gasteiger partial charge in [0.25, 0.3) is 5.91 Å². The van der Waals surface area contributed by atoms with E-state index in [0.29, 0.717) is 26.4 Å². The van der Waals surface area contributed by atoms with E-state index in [1.54, 1.807) is 22.9 Å². The monoisotopic (exact) mass is 358 g/mol. The predicted octanol–water partition coefficient (Wildman–Crippen LogP) is 0.258. The highest BCUT2D eigenvalue weighted by atomic mass is 127. The van der Waals surface area contributed by atoms with Gasteiger partial charge in [-0.3, -0.25) is 13.1 Å². The van der Waals surface area contributed by atoms with Gasteiger partial charge in [0.2, 0.25) is 5.91 Å². The predicted molar refractivity (Wildman–Crippen MR) is 71.6 cm³/mol. The van der Waals surface area contributed by atoms with Gasteiger partial charge in [0.1, 0.15) is 6.61 Å². The molecule has 0 fully saturated rings. The SMILES string of the molecule is CC(C)C(=O)NCCOCCOCC(=O)NI. The van der Waals surface area contributed by atoms with Gasteiger partial charge in [-0.1, -0.05) is 13.8 Å². The summed E-state index contributed by atoms with van der Waals surface area (Å²) in [5, 5.41) is 2.73. The Hall–Kier alpha value is -0.410. The molecular weight excluding hydrogens is 339 g/mol. The minimum atomic E-state index is -0.171. The fourth-order valence-corrected chi connectivity index (χ4v) is 1.02. The molecule has 2 N–H and O–H groups in total. The molecule has 0 heterocycles. The van der Waals surface area contributed by atoms with E-state index in [0.717, 1.165) is 0 Å². The topological polar surface area (TPSA) is 76.7 Å². The second-order valence-corrected chi connectivity index (χ2v) is 4.17. The number of carbonyl (C=O) groups is 2. The highest BCUT2D eigenvalue weighted by Crippen LogP contribution is 1.89. The summed E-state index contributed by atoms with van der Waals surface area (Å²) in [6, 6.07) is 0. The molecule has 0 saturated carbocycles. The highest BCUT2D eigenvalue weighted by molar-refractivity contribution is 14.1. The molecule has 0 bridgehead atoms. The minimum Gasteiger partial charge on any atom is -0.377 e. The van der Waals surface area contributed by atoms with Crippen LogP contribution in [0.1, 0.15) is 13.8 Å². The van der Waals surface area contributed by atoms with Crippen LogP contribution in [-0.4, -0.2) is 44.8 Å². The number of halogens is 1. The number of carbonyl (C=O) groups excluding carboxylic acids is 2. The van der Waals surface area contributed by atoms with Crippen LogP contribution in [0.25, 0.3) is 0 Å². The number of ether oxygens (including phenoxy) is 2. The molecule has 0 aromatic rings. The Morgan fingerprint density at radius 1 is 1.18 bits per heavy atom. The summed E-state index contributed by atoms with van der Waals surface area (Å²) in [6.07, 6.45) is 0. The van der Waals surface area contributed by atoms with Crippen molar-refractivity contribution in [2.24, 2.45) is 5.92 Å². The molecule has 0 spiro atoms. The Balaban J connectivity index is 3.19. The van der Waals surface area contributed by atoms with Crippen molar-refractivity contribution in [3.05, 3.63) is 0 Å². The summed E-state index contributed by atoms with van der Waals surface area (Å²) >= 11 is 1.75. The van der Waals surface area contributed by atoms with Crippen LogP contribution in [0.3, 0.4) is 0 Å². The molecule has 0 unspecified atom stereocenters. The first-order valence-corrected chi connectivity index (χ1v) is 6.48. The molecule has 100 valence electrons. The summed E-state index contributed by atoms with van der Waals surface area (Å²) in [7, 11) is 0. The molecule has 0 saturated heterocycles. The molecule has 0 aliphatic heterocycles. The third kappa shape index (κ3) is 10.5. The summed E-state index contributed by atoms with van der Waals surface area (Å²) < 4.78 is 12.6. The Bertz CT molecular complexity index is 236. The van der Waals surface area contributed by atoms with Gasteiger partial charge < -0.3 is 14.8 Å². The third-order valence-electron chi connectivity index (χ3n) is 1.78. The van der Waals surface area contributed by atoms with Gasteiger partial charge in [-0.05, 0) is 0 Å². The maximum Gasteiger partial charge on any atom is 0.254 e. The van der Waals surface area contributed by atoms with Gasteiger partial charge in [0.15, 0.2) is 0 Å². The second-order valence-electron chi connectivity index (χ2n) is 3.63. The summed E-state index contributed by atoms with van der Waals surface area (Å²) in [6.45, 7) is 5.42. The van der Waals surface area contributed by atoms with E-state index >= 15 is 0 Å². The Kier molecular flexibility index (Phi) is 10.5. The Labute approximate surface area is 115 Å². The van der Waals surface area contributed by atoms with Gasteiger partial charge in [0.05, 0.1) is 42.7 Å². The number of hydrogen-bond donors (Lipinski definition) is 2. The number of hydrogen-bond acceptors (Lipinski definition) is 4. The van der Waals surface area contributed by atoms with Crippen LogP contribution in [0.4, 0.5) is 0 Å². The smallest absolute Gasteiger partial charge is 0.254 e. The van der Waals surface area contributed by atoms with Crippen LogP contribution in [0.5, 0.6) is 0 Å². The molecule has 0 aromatic heterocycles. The molecule has 0 atom stereocenters. The van der Waals surface area contributed by atoms with Crippen molar-refractivity contribution in [2.45, 2.75) is 13.8 Å². The molecule has 0 aliphatic carbocycles. The van der Waals surface area contributed by atoms with Crippen molar-refractivity contribution in [3.63, 3.8) is 0 Å². The minimum absolute atomic E-state index is 0.00915. The molecule has 17 heavy (non-hydrogen) atoms. The van der Waals surface area contributed by atoms with Crippen LogP contribution in [0, 0.1) is 5.92 Å². The lowest BCUT2D eigenvalue weighted by molar-refractivity contribution is -0.125. The van der Waals surface area contributed by atoms with E-state index in [1.165, 1.54) is 0 Å². The number of rotatable bonds is 9. The average molecular weight is 358 g/mol. The van der Waals surface area contributed by atoms with Crippen LogP contribution >= 0.6 is 22.9 Å². The van der Waals surface area contributed by atoms with Gasteiger partial charge >= 0.3 is 0 Å². The zero-order valence-electron chi connectivity index (χ0n) is 10.1. The van der Waals surface area contributed by atoms with Crippen molar-refractivity contribution in [3.8, 4) is 0 Å². The van der Waals surface area contributed by atoms with Crippen LogP contribution in [0.2, 0.25) is 0 Å². The van der Waals surface area contributed by atoms with Gasteiger partial charge in [-0.2, -0.15) is 0 Å². The van der Waals surface area contributed by atoms with Crippen molar-refractivity contribution in [1.29, 1.82) is 0 Å². The molecule has 2 amide bonds. The lowest BCUT2D eigenvalue weighted by atomic mass is 10.2. The van der Waals surface area contributed by atoms with E-state index in [1.807, 2.05) is 13.8 Å². The quantitative estimate of drug-likeness (QED) is 0.352. The van der Waals surface area contributed by atoms with Gasteiger partial charge in [-0.15, -0.1) is 0 Å². The van der Waals surface area contributed by atoms with Crippen molar-refractivity contribution < 1.29 is 19.1 Å². The number of amides is 2. The van der Waals surface area contributed by atoms with E-state index in [2.05, 4.69) is 8.85 Å². The van der Waals surface area contributed by atoms with E-state index < -0.39 is 0 Å². The molecule has 7 heteroatoms. The summed E-state index contributed by atoms with van der Waals surface area (Å²) in [4.78, 5) is 21.9. The van der Waals surface area contributed by atoms with Gasteiger partial charge in [-0.25, -0.2) is 0 Å². The Morgan fingerprint density at radius 3 is 2.41 bits per heavy atom. The van der Waals surface area contributed by atoms with Crippen molar-refractivity contribution in [2.75, 3.05) is 33.0 Å². The first kappa shape index (κ1) is 16.6. The highest BCUT2D eigenvalue weighted by Gasteiger charge is 2.04. The van der Waals surface area contributed by atoms with Crippen molar-refractivity contribution >= 4 is 34.7 Å². The van der Waals surface area contributed by atoms with E-state index in [4.69, 9.17) is 9.47 Å². The fourth-order valence-electron chi connectivity index (χ4n) is 0.863. The molecule has 0 aromatic carbocycles. The molecule has 0 radical (unpaired) electrons. The lowest BCUT2D eigenvalue weighted by Crippen LogP contribution is -2.31. The molecule has 0 aliphatic rings. The molecular formula is C10H19IN2O4. The third-order valence-corrected chi connectivity index (χ3v) is 2.38. The first-order chi connectivity index (χ1) is 8.07. The Morgan fingerprint density at radius 2 is 1.82 bits per heavy atom. The normalized spacial score (nSPS) is 10.4. The molecule has 6 nitrogen and oxygen atoms in total. The maximum absolute atomic E-state index is 11.1. The van der Waals surface area contributed by atoms with Crippen LogP contribution in [-0.2, 0) is 19.1 Å².